The molecule has 1 aromatic carbocycles. The lowest BCUT2D eigenvalue weighted by atomic mass is 9.85. The number of amides is 4. The zero-order valence-electron chi connectivity index (χ0n) is 30.8. The number of carbonyl (C=O) groups excluding carboxylic acids is 5. The number of rotatable bonds is 6. The Hall–Kier alpha value is -4.66. The van der Waals surface area contributed by atoms with Crippen molar-refractivity contribution >= 4 is 56.8 Å². The first-order chi connectivity index (χ1) is 24.8. The molecule has 6 rings (SSSR count). The quantitative estimate of drug-likeness (QED) is 0.250. The molecule has 1 saturated heterocycles. The number of fused-ring (bicyclic) bond motifs is 3. The molecule has 4 bridgehead atoms. The number of allylic oxidation sites excluding steroid dienone is 1. The number of hydrogen-bond donors (Lipinski definition) is 4. The summed E-state index contributed by atoms with van der Waals surface area (Å²) in [5, 5.41) is 5.60. The number of H-pyrrole nitrogens is 1. The Balaban J connectivity index is 1.32. The van der Waals surface area contributed by atoms with Crippen LogP contribution in [0.2, 0.25) is 0 Å². The van der Waals surface area contributed by atoms with Gasteiger partial charge in [0, 0.05) is 23.2 Å². The minimum Gasteiger partial charge on any atom is -0.456 e. The third kappa shape index (κ3) is 8.14. The molecule has 4 amide bonds. The highest BCUT2D eigenvalue weighted by Crippen LogP contribution is 2.45. The summed E-state index contributed by atoms with van der Waals surface area (Å²) in [6.45, 7) is 12.9. The summed E-state index contributed by atoms with van der Waals surface area (Å²) in [4.78, 5) is 73.3. The molecule has 0 unspecified atom stereocenters. The molecule has 1 aromatic heterocycles. The minimum atomic E-state index is -3.92. The third-order valence-electron chi connectivity index (χ3n) is 10.5. The van der Waals surface area contributed by atoms with Gasteiger partial charge in [-0.2, -0.15) is 0 Å². The van der Waals surface area contributed by atoms with Crippen LogP contribution < -0.4 is 15.4 Å². The average Bonchev–Trinajstić information content (AvgIpc) is 3.97. The van der Waals surface area contributed by atoms with E-state index in [9.17, 15) is 32.4 Å². The standard InChI is InChI=1S/C38H49N5O9S/c1-7-23-19-38(23,34(47)42-53(49,50)25-14-15-25)41-31(44)29-17-24-20-43(29)32(45)30(36(2,3)4)40-35(48)51-21-37(5,6)16-9-8-11-22-12-10-13-27-26(22)18-28(39-27)33(46)52-24/h7-8,10-13,18,23-25,29-30,39H,1,9,14-17,19-21H2,2-6H3,(H,40,48)(H,41,44)(H,42,47)/b11-8+/t23-,24-,29+,30-,38-/m1/s1. The van der Waals surface area contributed by atoms with Gasteiger partial charge in [-0.3, -0.25) is 19.1 Å². The van der Waals surface area contributed by atoms with E-state index in [0.29, 0.717) is 25.7 Å². The Kier molecular flexibility index (Phi) is 10.0. The normalized spacial score (nSPS) is 28.7. The topological polar surface area (TPSA) is 193 Å². The van der Waals surface area contributed by atoms with Crippen molar-refractivity contribution < 1.29 is 41.9 Å². The van der Waals surface area contributed by atoms with Crippen molar-refractivity contribution in [2.75, 3.05) is 13.2 Å². The maximum absolute atomic E-state index is 14.5. The number of carbonyl (C=O) groups is 5. The first-order valence-corrected chi connectivity index (χ1v) is 19.6. The summed E-state index contributed by atoms with van der Waals surface area (Å²) in [6.07, 6.45) is 6.01. The van der Waals surface area contributed by atoms with Gasteiger partial charge in [0.25, 0.3) is 5.91 Å². The van der Waals surface area contributed by atoms with Crippen LogP contribution in [0, 0.1) is 16.7 Å². The molecular formula is C38H49N5O9S. The number of aromatic amines is 1. The van der Waals surface area contributed by atoms with Crippen LogP contribution in [0.4, 0.5) is 4.79 Å². The molecular weight excluding hydrogens is 703 g/mol. The van der Waals surface area contributed by atoms with Crippen LogP contribution >= 0.6 is 0 Å². The van der Waals surface area contributed by atoms with Gasteiger partial charge in [0.05, 0.1) is 18.4 Å². The van der Waals surface area contributed by atoms with Gasteiger partial charge < -0.3 is 30.0 Å². The van der Waals surface area contributed by atoms with Gasteiger partial charge >= 0.3 is 12.1 Å². The number of ether oxygens (including phenoxy) is 2. The number of nitrogens with one attached hydrogen (secondary N) is 4. The molecule has 2 aliphatic heterocycles. The molecule has 53 heavy (non-hydrogen) atoms. The fourth-order valence-corrected chi connectivity index (χ4v) is 8.40. The Morgan fingerprint density at radius 2 is 1.87 bits per heavy atom. The largest absolute Gasteiger partial charge is 0.456 e. The van der Waals surface area contributed by atoms with Gasteiger partial charge in [-0.05, 0) is 60.6 Å². The summed E-state index contributed by atoms with van der Waals surface area (Å²) >= 11 is 0. The van der Waals surface area contributed by atoms with Gasteiger partial charge in [-0.1, -0.05) is 65.0 Å². The van der Waals surface area contributed by atoms with Gasteiger partial charge in [0.2, 0.25) is 21.8 Å². The molecule has 14 nitrogen and oxygen atoms in total. The molecule has 4 N–H and O–H groups in total. The van der Waals surface area contributed by atoms with Gasteiger partial charge in [0.1, 0.15) is 29.4 Å². The van der Waals surface area contributed by atoms with Crippen LogP contribution in [0.3, 0.4) is 0 Å². The van der Waals surface area contributed by atoms with Gasteiger partial charge in [-0.15, -0.1) is 6.58 Å². The van der Waals surface area contributed by atoms with Crippen molar-refractivity contribution in [1.82, 2.24) is 25.2 Å². The zero-order chi connectivity index (χ0) is 38.5. The molecule has 2 aromatic rings. The molecule has 0 radical (unpaired) electrons. The summed E-state index contributed by atoms with van der Waals surface area (Å²) in [5.74, 6) is -3.47. The number of cyclic esters (lactones) is 1. The highest BCUT2D eigenvalue weighted by molar-refractivity contribution is 7.91. The smallest absolute Gasteiger partial charge is 0.407 e. The fraction of sp³-hybridized carbons (Fsp3) is 0.553. The number of nitrogens with zero attached hydrogens (tertiary/aromatic N) is 1. The summed E-state index contributed by atoms with van der Waals surface area (Å²) in [7, 11) is -3.92. The van der Waals surface area contributed by atoms with Crippen LogP contribution in [0.5, 0.6) is 0 Å². The van der Waals surface area contributed by atoms with Crippen molar-refractivity contribution in [3.05, 3.63) is 54.3 Å². The number of alkyl carbamates (subject to hydrolysis) is 1. The zero-order valence-corrected chi connectivity index (χ0v) is 31.6. The third-order valence-corrected chi connectivity index (χ3v) is 12.4. The second kappa shape index (κ2) is 14.0. The molecule has 3 fully saturated rings. The van der Waals surface area contributed by atoms with Gasteiger partial charge in [0.15, 0.2) is 0 Å². The highest BCUT2D eigenvalue weighted by Gasteiger charge is 2.62. The van der Waals surface area contributed by atoms with Gasteiger partial charge in [-0.25, -0.2) is 18.0 Å². The first-order valence-electron chi connectivity index (χ1n) is 18.1. The molecule has 5 atom stereocenters. The predicted octanol–water partition coefficient (Wildman–Crippen LogP) is 3.94. The maximum atomic E-state index is 14.5. The Morgan fingerprint density at radius 1 is 1.13 bits per heavy atom. The number of sulfonamides is 1. The molecule has 15 heteroatoms. The van der Waals surface area contributed by atoms with E-state index in [0.717, 1.165) is 16.5 Å². The lowest BCUT2D eigenvalue weighted by molar-refractivity contribution is -0.143. The fourth-order valence-electron chi connectivity index (χ4n) is 7.03. The van der Waals surface area contributed by atoms with E-state index in [1.807, 2.05) is 44.2 Å². The predicted molar refractivity (Wildman–Crippen MR) is 197 cm³/mol. The molecule has 4 aliphatic rings. The molecule has 3 heterocycles. The van der Waals surface area contributed by atoms with Crippen LogP contribution in [0.15, 0.2) is 43.0 Å². The van der Waals surface area contributed by atoms with E-state index in [-0.39, 0.29) is 31.7 Å². The SMILES string of the molecule is C=C[C@@H]1C[C@]1(NC(=O)[C@@H]1C[C@@H]2CN1C(=O)[C@H](C(C)(C)C)NC(=O)OCC(C)(C)CC/C=C/c1cccc3[nH]c(cc13)C(=O)O2)C(=O)NS(=O)(=O)C1CC1. The van der Waals surface area contributed by atoms with Crippen LogP contribution in [-0.4, -0.2) is 90.2 Å². The minimum absolute atomic E-state index is 0.0896. The lowest BCUT2D eigenvalue weighted by Gasteiger charge is -2.35. The second-order valence-electron chi connectivity index (χ2n) is 16.6. The van der Waals surface area contributed by atoms with E-state index in [4.69, 9.17) is 9.47 Å². The van der Waals surface area contributed by atoms with E-state index in [1.165, 1.54) is 11.0 Å². The number of hydrogen-bond acceptors (Lipinski definition) is 9. The monoisotopic (exact) mass is 751 g/mol. The van der Waals surface area contributed by atoms with Crippen LogP contribution in [0.1, 0.15) is 89.2 Å². The van der Waals surface area contributed by atoms with Crippen molar-refractivity contribution in [3.63, 3.8) is 0 Å². The van der Waals surface area contributed by atoms with E-state index in [1.54, 1.807) is 26.8 Å². The second-order valence-corrected chi connectivity index (χ2v) is 18.5. The van der Waals surface area contributed by atoms with E-state index in [2.05, 4.69) is 26.9 Å². The Labute approximate surface area is 309 Å². The van der Waals surface area contributed by atoms with Crippen molar-refractivity contribution in [3.8, 4) is 0 Å². The number of esters is 1. The Morgan fingerprint density at radius 3 is 2.53 bits per heavy atom. The average molecular weight is 752 g/mol. The van der Waals surface area contributed by atoms with Crippen molar-refractivity contribution in [1.29, 1.82) is 0 Å². The number of aromatic nitrogens is 1. The lowest BCUT2D eigenvalue weighted by Crippen LogP contribution is -2.60. The van der Waals surface area contributed by atoms with Crippen molar-refractivity contribution in [2.45, 2.75) is 102 Å². The summed E-state index contributed by atoms with van der Waals surface area (Å²) < 4.78 is 39.0. The highest BCUT2D eigenvalue weighted by atomic mass is 32.2. The van der Waals surface area contributed by atoms with Crippen LogP contribution in [-0.2, 0) is 33.9 Å². The molecule has 2 saturated carbocycles. The van der Waals surface area contributed by atoms with Crippen molar-refractivity contribution in [2.24, 2.45) is 16.7 Å². The van der Waals surface area contributed by atoms with E-state index >= 15 is 0 Å². The first kappa shape index (κ1) is 38.1. The molecule has 0 spiro atoms. The molecule has 286 valence electrons. The summed E-state index contributed by atoms with van der Waals surface area (Å²) in [6, 6.07) is 4.97. The van der Waals surface area contributed by atoms with E-state index < -0.39 is 85.5 Å². The Bertz CT molecular complexity index is 1980. The summed E-state index contributed by atoms with van der Waals surface area (Å²) in [5.41, 5.74) is -1.03. The maximum Gasteiger partial charge on any atom is 0.407 e. The van der Waals surface area contributed by atoms with Crippen LogP contribution in [0.25, 0.3) is 17.0 Å². The molecule has 2 aliphatic carbocycles. The number of benzene rings is 1.